The lowest BCUT2D eigenvalue weighted by Crippen LogP contribution is -2.34. The third-order valence-electron chi connectivity index (χ3n) is 2.02. The molecule has 3 nitrogen and oxygen atoms in total. The summed E-state index contributed by atoms with van der Waals surface area (Å²) < 4.78 is 4.80. The Morgan fingerprint density at radius 3 is 2.67 bits per heavy atom. The predicted molar refractivity (Wildman–Crippen MR) is 59.8 cm³/mol. The van der Waals surface area contributed by atoms with E-state index in [1.54, 1.807) is 6.92 Å². The van der Waals surface area contributed by atoms with Gasteiger partial charge in [-0.15, -0.1) is 0 Å². The van der Waals surface area contributed by atoms with Gasteiger partial charge >= 0.3 is 6.09 Å². The van der Waals surface area contributed by atoms with Crippen LogP contribution in [0, 0.1) is 0 Å². The maximum atomic E-state index is 11.1. The number of nitrogens with one attached hydrogen (secondary N) is 1. The molecule has 0 saturated carbocycles. The van der Waals surface area contributed by atoms with Crippen molar-refractivity contribution >= 4 is 6.09 Å². The van der Waals surface area contributed by atoms with E-state index in [0.29, 0.717) is 6.61 Å². The Morgan fingerprint density at radius 1 is 1.40 bits per heavy atom. The topological polar surface area (TPSA) is 38.3 Å². The van der Waals surface area contributed by atoms with Crippen LogP contribution in [-0.4, -0.2) is 18.7 Å². The van der Waals surface area contributed by atoms with Gasteiger partial charge in [0.25, 0.3) is 0 Å². The largest absolute Gasteiger partial charge is 0.450 e. The SMILES string of the molecule is CCOC(=O)N[C@H](C)Cc1ccccc1. The summed E-state index contributed by atoms with van der Waals surface area (Å²) in [5.74, 6) is 0. The summed E-state index contributed by atoms with van der Waals surface area (Å²) in [6.07, 6.45) is 0.473. The van der Waals surface area contributed by atoms with Gasteiger partial charge in [-0.05, 0) is 25.8 Å². The van der Waals surface area contributed by atoms with Crippen molar-refractivity contribution in [1.82, 2.24) is 5.32 Å². The van der Waals surface area contributed by atoms with Gasteiger partial charge in [-0.2, -0.15) is 0 Å². The van der Waals surface area contributed by atoms with E-state index in [9.17, 15) is 4.79 Å². The number of benzene rings is 1. The fourth-order valence-electron chi connectivity index (χ4n) is 1.39. The van der Waals surface area contributed by atoms with Crippen LogP contribution in [0.3, 0.4) is 0 Å². The Bertz CT molecular complexity index is 298. The molecule has 15 heavy (non-hydrogen) atoms. The number of amides is 1. The van der Waals surface area contributed by atoms with E-state index in [0.717, 1.165) is 6.42 Å². The quantitative estimate of drug-likeness (QED) is 0.823. The van der Waals surface area contributed by atoms with Crippen molar-refractivity contribution in [2.24, 2.45) is 0 Å². The number of rotatable bonds is 4. The van der Waals surface area contributed by atoms with Crippen LogP contribution in [-0.2, 0) is 11.2 Å². The predicted octanol–water partition coefficient (Wildman–Crippen LogP) is 2.36. The van der Waals surface area contributed by atoms with E-state index >= 15 is 0 Å². The zero-order valence-corrected chi connectivity index (χ0v) is 9.19. The molecular weight excluding hydrogens is 190 g/mol. The molecule has 0 aromatic heterocycles. The Balaban J connectivity index is 2.36. The van der Waals surface area contributed by atoms with E-state index in [-0.39, 0.29) is 12.1 Å². The number of hydrogen-bond acceptors (Lipinski definition) is 2. The summed E-state index contributed by atoms with van der Waals surface area (Å²) in [6.45, 7) is 4.16. The minimum absolute atomic E-state index is 0.0893. The number of carbonyl (C=O) groups is 1. The molecule has 1 amide bonds. The first-order chi connectivity index (χ1) is 7.22. The molecule has 0 unspecified atom stereocenters. The van der Waals surface area contributed by atoms with E-state index in [4.69, 9.17) is 4.74 Å². The van der Waals surface area contributed by atoms with Crippen molar-refractivity contribution in [2.45, 2.75) is 26.3 Å². The normalized spacial score (nSPS) is 11.9. The van der Waals surface area contributed by atoms with Crippen LogP contribution in [0.5, 0.6) is 0 Å². The molecule has 0 aliphatic heterocycles. The first-order valence-electron chi connectivity index (χ1n) is 5.19. The highest BCUT2D eigenvalue weighted by Gasteiger charge is 2.07. The minimum atomic E-state index is -0.346. The monoisotopic (exact) mass is 207 g/mol. The van der Waals surface area contributed by atoms with Gasteiger partial charge in [-0.1, -0.05) is 30.3 Å². The molecule has 1 rings (SSSR count). The molecule has 1 aromatic rings. The molecule has 0 bridgehead atoms. The second-order valence-corrected chi connectivity index (χ2v) is 3.46. The summed E-state index contributed by atoms with van der Waals surface area (Å²) in [4.78, 5) is 11.1. The van der Waals surface area contributed by atoms with Crippen molar-refractivity contribution in [1.29, 1.82) is 0 Å². The van der Waals surface area contributed by atoms with Crippen LogP contribution < -0.4 is 5.32 Å². The molecule has 82 valence electrons. The first kappa shape index (κ1) is 11.6. The Labute approximate surface area is 90.4 Å². The molecule has 0 fully saturated rings. The molecule has 0 radical (unpaired) electrons. The van der Waals surface area contributed by atoms with E-state index < -0.39 is 0 Å². The lowest BCUT2D eigenvalue weighted by atomic mass is 10.1. The highest BCUT2D eigenvalue weighted by Crippen LogP contribution is 2.02. The third kappa shape index (κ3) is 4.49. The second kappa shape index (κ2) is 6.06. The average molecular weight is 207 g/mol. The van der Waals surface area contributed by atoms with E-state index in [1.165, 1.54) is 5.56 Å². The van der Waals surface area contributed by atoms with Crippen molar-refractivity contribution in [3.05, 3.63) is 35.9 Å². The van der Waals surface area contributed by atoms with Gasteiger partial charge in [0.05, 0.1) is 6.61 Å². The maximum Gasteiger partial charge on any atom is 0.407 e. The number of alkyl carbamates (subject to hydrolysis) is 1. The van der Waals surface area contributed by atoms with Crippen molar-refractivity contribution in [3.63, 3.8) is 0 Å². The molecule has 3 heteroatoms. The van der Waals surface area contributed by atoms with Gasteiger partial charge in [0, 0.05) is 6.04 Å². The summed E-state index contributed by atoms with van der Waals surface area (Å²) >= 11 is 0. The summed E-state index contributed by atoms with van der Waals surface area (Å²) in [5, 5.41) is 2.77. The van der Waals surface area contributed by atoms with Crippen molar-refractivity contribution in [2.75, 3.05) is 6.61 Å². The standard InChI is InChI=1S/C12H17NO2/c1-3-15-12(14)13-10(2)9-11-7-5-4-6-8-11/h4-8,10H,3,9H2,1-2H3,(H,13,14)/t10-/m1/s1. The van der Waals surface area contributed by atoms with Gasteiger partial charge < -0.3 is 10.1 Å². The highest BCUT2D eigenvalue weighted by molar-refractivity contribution is 5.67. The highest BCUT2D eigenvalue weighted by atomic mass is 16.5. The van der Waals surface area contributed by atoms with Crippen LogP contribution in [0.2, 0.25) is 0 Å². The molecule has 0 aliphatic rings. The van der Waals surface area contributed by atoms with Crippen molar-refractivity contribution in [3.8, 4) is 0 Å². The van der Waals surface area contributed by atoms with Crippen LogP contribution >= 0.6 is 0 Å². The second-order valence-electron chi connectivity index (χ2n) is 3.46. The fraction of sp³-hybridized carbons (Fsp3) is 0.417. The molecule has 1 N–H and O–H groups in total. The molecule has 1 atom stereocenters. The zero-order valence-electron chi connectivity index (χ0n) is 9.19. The maximum absolute atomic E-state index is 11.1. The van der Waals surface area contributed by atoms with Gasteiger partial charge in [0.1, 0.15) is 0 Å². The van der Waals surface area contributed by atoms with Crippen LogP contribution in [0.4, 0.5) is 4.79 Å². The van der Waals surface area contributed by atoms with Crippen LogP contribution in [0.1, 0.15) is 19.4 Å². The van der Waals surface area contributed by atoms with Crippen molar-refractivity contribution < 1.29 is 9.53 Å². The number of hydrogen-bond donors (Lipinski definition) is 1. The van der Waals surface area contributed by atoms with E-state index in [2.05, 4.69) is 5.32 Å². The average Bonchev–Trinajstić information content (AvgIpc) is 2.19. The smallest absolute Gasteiger partial charge is 0.407 e. The van der Waals surface area contributed by atoms with Gasteiger partial charge in [0.2, 0.25) is 0 Å². The Morgan fingerprint density at radius 2 is 2.07 bits per heavy atom. The zero-order chi connectivity index (χ0) is 11.1. The summed E-state index contributed by atoms with van der Waals surface area (Å²) in [7, 11) is 0. The molecular formula is C12H17NO2. The minimum Gasteiger partial charge on any atom is -0.450 e. The Kier molecular flexibility index (Phi) is 4.68. The molecule has 1 aromatic carbocycles. The molecule has 0 aliphatic carbocycles. The summed E-state index contributed by atoms with van der Waals surface area (Å²) in [6, 6.07) is 10.1. The number of ether oxygens (including phenoxy) is 1. The summed E-state index contributed by atoms with van der Waals surface area (Å²) in [5.41, 5.74) is 1.21. The van der Waals surface area contributed by atoms with Crippen LogP contribution in [0.15, 0.2) is 30.3 Å². The van der Waals surface area contributed by atoms with Gasteiger partial charge in [-0.3, -0.25) is 0 Å². The Hall–Kier alpha value is -1.51. The lowest BCUT2D eigenvalue weighted by molar-refractivity contribution is 0.149. The fourth-order valence-corrected chi connectivity index (χ4v) is 1.39. The number of carbonyl (C=O) groups excluding carboxylic acids is 1. The third-order valence-corrected chi connectivity index (χ3v) is 2.02. The molecule has 0 heterocycles. The molecule has 0 spiro atoms. The van der Waals surface area contributed by atoms with Crippen LogP contribution in [0.25, 0.3) is 0 Å². The first-order valence-corrected chi connectivity index (χ1v) is 5.19. The van der Waals surface area contributed by atoms with Gasteiger partial charge in [0.15, 0.2) is 0 Å². The van der Waals surface area contributed by atoms with Gasteiger partial charge in [-0.25, -0.2) is 4.79 Å². The van der Waals surface area contributed by atoms with E-state index in [1.807, 2.05) is 37.3 Å². The lowest BCUT2D eigenvalue weighted by Gasteiger charge is -2.13. The molecule has 0 saturated heterocycles.